The molecule has 1 aromatic heterocycles. The fraction of sp³-hybridized carbons (Fsp3) is 0.278. The van der Waals surface area contributed by atoms with Crippen molar-refractivity contribution >= 4 is 22.4 Å². The average Bonchev–Trinajstić information content (AvgIpc) is 2.91. The second kappa shape index (κ2) is 6.08. The van der Waals surface area contributed by atoms with Crippen LogP contribution in [-0.4, -0.2) is 25.4 Å². The van der Waals surface area contributed by atoms with E-state index in [9.17, 15) is 14.7 Å². The Hall–Kier alpha value is -3.09. The number of nitrogens with one attached hydrogen (secondary N) is 1. The Morgan fingerprint density at radius 1 is 1.20 bits per heavy atom. The van der Waals surface area contributed by atoms with Crippen molar-refractivity contribution in [2.45, 2.75) is 32.4 Å². The highest BCUT2D eigenvalue weighted by Gasteiger charge is 2.18. The molecule has 128 valence electrons. The number of phenols is 1. The number of aryl methyl sites for hydroxylation is 1. The van der Waals surface area contributed by atoms with Crippen LogP contribution in [0.5, 0.6) is 5.75 Å². The Labute approximate surface area is 143 Å². The Balaban J connectivity index is 1.60. The zero-order valence-electron chi connectivity index (χ0n) is 13.6. The summed E-state index contributed by atoms with van der Waals surface area (Å²) >= 11 is 0. The van der Waals surface area contributed by atoms with E-state index in [2.05, 4.69) is 10.4 Å². The van der Waals surface area contributed by atoms with Gasteiger partial charge in [0.1, 0.15) is 18.1 Å². The second-order valence-corrected chi connectivity index (χ2v) is 6.19. The van der Waals surface area contributed by atoms with Crippen molar-refractivity contribution in [2.24, 2.45) is 0 Å². The number of carbonyl (C=O) groups excluding carboxylic acids is 1. The molecule has 2 aromatic carbocycles. The average molecular weight is 338 g/mol. The van der Waals surface area contributed by atoms with E-state index < -0.39 is 0 Å². The molecule has 0 fully saturated rings. The van der Waals surface area contributed by atoms with Crippen LogP contribution in [-0.2, 0) is 24.3 Å². The van der Waals surface area contributed by atoms with E-state index in [1.54, 1.807) is 28.8 Å². The molecule has 1 amide bonds. The van der Waals surface area contributed by atoms with Crippen LogP contribution in [0, 0.1) is 0 Å². The van der Waals surface area contributed by atoms with Gasteiger partial charge in [-0.3, -0.25) is 9.36 Å². The number of aromatic hydroxyl groups is 1. The van der Waals surface area contributed by atoms with Crippen LogP contribution >= 0.6 is 0 Å². The zero-order chi connectivity index (χ0) is 17.4. The third-order valence-electron chi connectivity index (χ3n) is 4.48. The van der Waals surface area contributed by atoms with Gasteiger partial charge in [-0.15, -0.1) is 0 Å². The minimum atomic E-state index is -0.353. The number of hydrogen-bond acceptors (Lipinski definition) is 4. The van der Waals surface area contributed by atoms with Crippen molar-refractivity contribution in [1.29, 1.82) is 0 Å². The number of nitrogens with zero attached hydrogens (tertiary/aromatic N) is 3. The highest BCUT2D eigenvalue weighted by atomic mass is 16.3. The number of amides is 1. The lowest BCUT2D eigenvalue weighted by Gasteiger charge is -2.10. The van der Waals surface area contributed by atoms with Crippen molar-refractivity contribution in [2.75, 3.05) is 5.32 Å². The summed E-state index contributed by atoms with van der Waals surface area (Å²) in [5.41, 5.74) is 0.267. The molecule has 2 N–H and O–H groups in total. The first-order chi connectivity index (χ1) is 12.1. The number of rotatable bonds is 3. The van der Waals surface area contributed by atoms with Gasteiger partial charge in [0, 0.05) is 18.4 Å². The first-order valence-electron chi connectivity index (χ1n) is 8.30. The normalized spacial score (nSPS) is 13.6. The van der Waals surface area contributed by atoms with Gasteiger partial charge in [0.2, 0.25) is 5.91 Å². The molecule has 0 bridgehead atoms. The van der Waals surface area contributed by atoms with Gasteiger partial charge in [-0.1, -0.05) is 24.3 Å². The zero-order valence-corrected chi connectivity index (χ0v) is 13.6. The molecule has 0 spiro atoms. The monoisotopic (exact) mass is 338 g/mol. The number of benzene rings is 2. The van der Waals surface area contributed by atoms with E-state index in [-0.39, 0.29) is 23.9 Å². The van der Waals surface area contributed by atoms with Crippen molar-refractivity contribution in [1.82, 2.24) is 14.3 Å². The summed E-state index contributed by atoms with van der Waals surface area (Å²) in [6.45, 7) is 0.510. The molecule has 0 unspecified atom stereocenters. The minimum Gasteiger partial charge on any atom is -0.507 e. The molecule has 4 rings (SSSR count). The first kappa shape index (κ1) is 15.4. The van der Waals surface area contributed by atoms with E-state index >= 15 is 0 Å². The topological polar surface area (TPSA) is 89.2 Å². The fourth-order valence-electron chi connectivity index (χ4n) is 3.30. The van der Waals surface area contributed by atoms with E-state index in [0.717, 1.165) is 30.5 Å². The second-order valence-electron chi connectivity index (χ2n) is 6.19. The molecule has 25 heavy (non-hydrogen) atoms. The largest absolute Gasteiger partial charge is 0.507 e. The maximum Gasteiger partial charge on any atom is 0.346 e. The predicted octanol–water partition coefficient (Wildman–Crippen LogP) is 1.88. The van der Waals surface area contributed by atoms with Crippen molar-refractivity contribution in [3.05, 3.63) is 52.7 Å². The lowest BCUT2D eigenvalue weighted by molar-refractivity contribution is -0.117. The summed E-state index contributed by atoms with van der Waals surface area (Å²) in [6.07, 6.45) is 2.74. The minimum absolute atomic E-state index is 0.100. The molecular formula is C18H18N4O3. The standard InChI is InChI=1S/C18H18N4O3/c23-14-8-4-6-12-5-3-7-13(17(12)14)19-16(24)11-22-18(25)21-10-2-1-9-15(21)20-22/h3-8,23H,1-2,9-11H2,(H,19,24). The fourth-order valence-corrected chi connectivity index (χ4v) is 3.30. The van der Waals surface area contributed by atoms with Gasteiger partial charge in [-0.2, -0.15) is 5.10 Å². The third-order valence-corrected chi connectivity index (χ3v) is 4.48. The van der Waals surface area contributed by atoms with Gasteiger partial charge in [-0.05, 0) is 30.4 Å². The van der Waals surface area contributed by atoms with Crippen LogP contribution in [0.2, 0.25) is 0 Å². The molecule has 7 nitrogen and oxygen atoms in total. The number of aromatic nitrogens is 3. The van der Waals surface area contributed by atoms with Gasteiger partial charge in [-0.25, -0.2) is 9.48 Å². The highest BCUT2D eigenvalue weighted by Crippen LogP contribution is 2.31. The molecular weight excluding hydrogens is 320 g/mol. The highest BCUT2D eigenvalue weighted by molar-refractivity contribution is 6.04. The van der Waals surface area contributed by atoms with Gasteiger partial charge in [0.15, 0.2) is 0 Å². The summed E-state index contributed by atoms with van der Waals surface area (Å²) in [5.74, 6) is 0.489. The van der Waals surface area contributed by atoms with Gasteiger partial charge in [0.05, 0.1) is 5.69 Å². The van der Waals surface area contributed by atoms with Crippen LogP contribution < -0.4 is 11.0 Å². The Morgan fingerprint density at radius 3 is 2.80 bits per heavy atom. The lowest BCUT2D eigenvalue weighted by Crippen LogP contribution is -2.30. The molecule has 0 aliphatic carbocycles. The molecule has 2 heterocycles. The number of anilines is 1. The van der Waals surface area contributed by atoms with E-state index in [1.807, 2.05) is 12.1 Å². The van der Waals surface area contributed by atoms with Gasteiger partial charge in [0.25, 0.3) is 0 Å². The van der Waals surface area contributed by atoms with Crippen LogP contribution in [0.15, 0.2) is 41.2 Å². The Bertz CT molecular complexity index is 1010. The number of fused-ring (bicyclic) bond motifs is 2. The third kappa shape index (κ3) is 2.77. The Morgan fingerprint density at radius 2 is 2.00 bits per heavy atom. The van der Waals surface area contributed by atoms with Gasteiger partial charge >= 0.3 is 5.69 Å². The van der Waals surface area contributed by atoms with Gasteiger partial charge < -0.3 is 10.4 Å². The van der Waals surface area contributed by atoms with Crippen LogP contribution in [0.4, 0.5) is 5.69 Å². The molecule has 0 radical (unpaired) electrons. The SMILES string of the molecule is O=C(Cn1nc2n(c1=O)CCCC2)Nc1cccc2cccc(O)c12. The quantitative estimate of drug-likeness (QED) is 0.763. The van der Waals surface area contributed by atoms with E-state index in [4.69, 9.17) is 0 Å². The molecule has 1 aliphatic heterocycles. The summed E-state index contributed by atoms with van der Waals surface area (Å²) in [6, 6.07) is 10.6. The maximum absolute atomic E-state index is 12.4. The lowest BCUT2D eigenvalue weighted by atomic mass is 10.1. The number of phenolic OH excluding ortho intramolecular Hbond substituents is 1. The smallest absolute Gasteiger partial charge is 0.346 e. The predicted molar refractivity (Wildman–Crippen MR) is 93.7 cm³/mol. The summed E-state index contributed by atoms with van der Waals surface area (Å²) in [5, 5.41) is 18.5. The molecule has 0 saturated heterocycles. The van der Waals surface area contributed by atoms with Crippen LogP contribution in [0.1, 0.15) is 18.7 Å². The summed E-state index contributed by atoms with van der Waals surface area (Å²) in [4.78, 5) is 24.7. The van der Waals surface area contributed by atoms with Crippen molar-refractivity contribution in [3.63, 3.8) is 0 Å². The molecule has 0 atom stereocenters. The van der Waals surface area contributed by atoms with Crippen molar-refractivity contribution in [3.8, 4) is 5.75 Å². The van der Waals surface area contributed by atoms with Crippen molar-refractivity contribution < 1.29 is 9.90 Å². The van der Waals surface area contributed by atoms with E-state index in [1.165, 1.54) is 4.68 Å². The van der Waals surface area contributed by atoms with Crippen LogP contribution in [0.3, 0.4) is 0 Å². The maximum atomic E-state index is 12.4. The molecule has 1 aliphatic rings. The van der Waals surface area contributed by atoms with E-state index in [0.29, 0.717) is 17.6 Å². The van der Waals surface area contributed by atoms with Crippen LogP contribution in [0.25, 0.3) is 10.8 Å². The Kier molecular flexibility index (Phi) is 3.76. The molecule has 0 saturated carbocycles. The number of hydrogen-bond donors (Lipinski definition) is 2. The molecule has 3 aromatic rings. The summed E-state index contributed by atoms with van der Waals surface area (Å²) in [7, 11) is 0. The summed E-state index contributed by atoms with van der Waals surface area (Å²) < 4.78 is 2.85. The molecule has 7 heteroatoms. The number of carbonyl (C=O) groups is 1. The first-order valence-corrected chi connectivity index (χ1v) is 8.30.